The molecule has 26 heavy (non-hydrogen) atoms. The molecule has 3 rings (SSSR count). The number of phenols is 1. The SMILES string of the molecule is Cc1cc(C)nc(SCC(=O)N/N=C/c2ccc3ccccc3c2O)n1. The van der Waals surface area contributed by atoms with Gasteiger partial charge >= 0.3 is 0 Å². The molecule has 1 aromatic heterocycles. The summed E-state index contributed by atoms with van der Waals surface area (Å²) in [6.07, 6.45) is 1.43. The Morgan fingerprint density at radius 1 is 1.19 bits per heavy atom. The van der Waals surface area contributed by atoms with E-state index in [1.807, 2.05) is 50.2 Å². The van der Waals surface area contributed by atoms with Crippen LogP contribution in [0.3, 0.4) is 0 Å². The van der Waals surface area contributed by atoms with Crippen LogP contribution in [0.4, 0.5) is 0 Å². The number of hydrazone groups is 1. The molecule has 2 N–H and O–H groups in total. The average molecular weight is 366 g/mol. The highest BCUT2D eigenvalue weighted by molar-refractivity contribution is 7.99. The van der Waals surface area contributed by atoms with Crippen LogP contribution in [0.15, 0.2) is 52.7 Å². The van der Waals surface area contributed by atoms with Gasteiger partial charge in [0.05, 0.1) is 12.0 Å². The third-order valence-electron chi connectivity index (χ3n) is 3.62. The van der Waals surface area contributed by atoms with Crippen molar-refractivity contribution in [3.8, 4) is 5.75 Å². The van der Waals surface area contributed by atoms with Crippen molar-refractivity contribution in [3.63, 3.8) is 0 Å². The quantitative estimate of drug-likeness (QED) is 0.313. The van der Waals surface area contributed by atoms with Crippen molar-refractivity contribution < 1.29 is 9.90 Å². The lowest BCUT2D eigenvalue weighted by atomic mass is 10.1. The zero-order valence-corrected chi connectivity index (χ0v) is 15.2. The molecule has 0 aliphatic rings. The number of benzene rings is 2. The third-order valence-corrected chi connectivity index (χ3v) is 4.47. The van der Waals surface area contributed by atoms with E-state index in [0.717, 1.165) is 22.2 Å². The van der Waals surface area contributed by atoms with Gasteiger partial charge in [-0.2, -0.15) is 5.10 Å². The number of amides is 1. The van der Waals surface area contributed by atoms with Gasteiger partial charge in [-0.3, -0.25) is 4.79 Å². The fourth-order valence-corrected chi connectivity index (χ4v) is 3.21. The van der Waals surface area contributed by atoms with Crippen LogP contribution in [0, 0.1) is 13.8 Å². The molecule has 0 fully saturated rings. The molecular formula is C19H18N4O2S. The molecule has 0 radical (unpaired) electrons. The second-order valence-electron chi connectivity index (χ2n) is 5.74. The molecule has 1 amide bonds. The first-order chi connectivity index (χ1) is 12.5. The highest BCUT2D eigenvalue weighted by Crippen LogP contribution is 2.27. The molecule has 0 spiro atoms. The van der Waals surface area contributed by atoms with Gasteiger partial charge in [-0.15, -0.1) is 0 Å². The molecule has 6 nitrogen and oxygen atoms in total. The van der Waals surface area contributed by atoms with E-state index in [2.05, 4.69) is 20.5 Å². The topological polar surface area (TPSA) is 87.5 Å². The minimum atomic E-state index is -0.269. The highest BCUT2D eigenvalue weighted by atomic mass is 32.2. The summed E-state index contributed by atoms with van der Waals surface area (Å²) >= 11 is 1.25. The number of phenolic OH excluding ortho intramolecular Hbond substituents is 1. The number of aromatic nitrogens is 2. The van der Waals surface area contributed by atoms with E-state index in [-0.39, 0.29) is 17.4 Å². The van der Waals surface area contributed by atoms with E-state index in [9.17, 15) is 9.90 Å². The molecule has 1 heterocycles. The van der Waals surface area contributed by atoms with Gasteiger partial charge < -0.3 is 5.11 Å². The Kier molecular flexibility index (Phi) is 5.48. The van der Waals surface area contributed by atoms with Crippen LogP contribution in [0.1, 0.15) is 17.0 Å². The zero-order valence-electron chi connectivity index (χ0n) is 14.4. The van der Waals surface area contributed by atoms with Gasteiger partial charge in [0, 0.05) is 22.3 Å². The van der Waals surface area contributed by atoms with E-state index in [1.54, 1.807) is 6.07 Å². The molecule has 0 atom stereocenters. The second-order valence-corrected chi connectivity index (χ2v) is 6.68. The summed E-state index contributed by atoms with van der Waals surface area (Å²) in [4.78, 5) is 20.5. The lowest BCUT2D eigenvalue weighted by Crippen LogP contribution is -2.19. The standard InChI is InChI=1S/C19H18N4O2S/c1-12-9-13(2)22-19(21-12)26-11-17(24)23-20-10-15-8-7-14-5-3-4-6-16(14)18(15)25/h3-10,25H,11H2,1-2H3,(H,23,24)/b20-10+. The Morgan fingerprint density at radius 2 is 1.92 bits per heavy atom. The predicted octanol–water partition coefficient (Wildman–Crippen LogP) is 3.19. The van der Waals surface area contributed by atoms with Crippen LogP contribution >= 0.6 is 11.8 Å². The summed E-state index contributed by atoms with van der Waals surface area (Å²) in [6.45, 7) is 3.78. The molecule has 3 aromatic rings. The Hall–Kier alpha value is -2.93. The van der Waals surface area contributed by atoms with Gasteiger partial charge in [0.2, 0.25) is 0 Å². The van der Waals surface area contributed by atoms with Gasteiger partial charge in [-0.25, -0.2) is 15.4 Å². The van der Waals surface area contributed by atoms with Crippen molar-refractivity contribution in [1.82, 2.24) is 15.4 Å². The monoisotopic (exact) mass is 366 g/mol. The van der Waals surface area contributed by atoms with Crippen molar-refractivity contribution >= 4 is 34.7 Å². The number of carbonyl (C=O) groups excluding carboxylic acids is 1. The summed E-state index contributed by atoms with van der Waals surface area (Å²) in [5.41, 5.74) is 4.72. The highest BCUT2D eigenvalue weighted by Gasteiger charge is 2.06. The summed E-state index contributed by atoms with van der Waals surface area (Å²) < 4.78 is 0. The minimum absolute atomic E-state index is 0.138. The van der Waals surface area contributed by atoms with E-state index >= 15 is 0 Å². The van der Waals surface area contributed by atoms with Crippen LogP contribution in [-0.4, -0.2) is 32.9 Å². The van der Waals surface area contributed by atoms with E-state index in [4.69, 9.17) is 0 Å². The Balaban J connectivity index is 1.60. The number of fused-ring (bicyclic) bond motifs is 1. The second kappa shape index (κ2) is 7.97. The van der Waals surface area contributed by atoms with Gasteiger partial charge in [0.1, 0.15) is 5.75 Å². The number of nitrogens with one attached hydrogen (secondary N) is 1. The Bertz CT molecular complexity index is 968. The number of carbonyl (C=O) groups is 1. The summed E-state index contributed by atoms with van der Waals surface area (Å²) in [5.74, 6) is 0.0256. The van der Waals surface area contributed by atoms with Crippen LogP contribution < -0.4 is 5.43 Å². The maximum atomic E-state index is 11.9. The van der Waals surface area contributed by atoms with Crippen molar-refractivity contribution in [2.45, 2.75) is 19.0 Å². The van der Waals surface area contributed by atoms with Crippen LogP contribution in [0.2, 0.25) is 0 Å². The fourth-order valence-electron chi connectivity index (χ4n) is 2.47. The summed E-state index contributed by atoms with van der Waals surface area (Å²) in [5, 5.41) is 16.5. The average Bonchev–Trinajstić information content (AvgIpc) is 2.61. The number of thioether (sulfide) groups is 1. The third kappa shape index (κ3) is 4.37. The number of aryl methyl sites for hydroxylation is 2. The molecule has 0 saturated heterocycles. The van der Waals surface area contributed by atoms with Crippen LogP contribution in [-0.2, 0) is 4.79 Å². The summed E-state index contributed by atoms with van der Waals surface area (Å²) in [6, 6.07) is 13.1. The number of rotatable bonds is 5. The largest absolute Gasteiger partial charge is 0.507 e. The molecule has 2 aromatic carbocycles. The smallest absolute Gasteiger partial charge is 0.250 e. The number of nitrogens with zero attached hydrogens (tertiary/aromatic N) is 3. The van der Waals surface area contributed by atoms with Gasteiger partial charge in [-0.1, -0.05) is 42.1 Å². The number of hydrogen-bond acceptors (Lipinski definition) is 6. The molecule has 0 aliphatic heterocycles. The summed E-state index contributed by atoms with van der Waals surface area (Å²) in [7, 11) is 0. The van der Waals surface area contributed by atoms with E-state index in [0.29, 0.717) is 10.7 Å². The molecule has 0 saturated carbocycles. The number of aromatic hydroxyl groups is 1. The van der Waals surface area contributed by atoms with Crippen molar-refractivity contribution in [3.05, 3.63) is 59.4 Å². The van der Waals surface area contributed by atoms with Crippen LogP contribution in [0.5, 0.6) is 5.75 Å². The first-order valence-electron chi connectivity index (χ1n) is 8.00. The van der Waals surface area contributed by atoms with Gasteiger partial charge in [0.15, 0.2) is 5.16 Å². The molecule has 0 bridgehead atoms. The predicted molar refractivity (Wildman–Crippen MR) is 104 cm³/mol. The zero-order chi connectivity index (χ0) is 18.5. The lowest BCUT2D eigenvalue weighted by Gasteiger charge is -2.04. The van der Waals surface area contributed by atoms with Crippen molar-refractivity contribution in [1.29, 1.82) is 0 Å². The maximum Gasteiger partial charge on any atom is 0.250 e. The normalized spacial score (nSPS) is 11.2. The number of hydrogen-bond donors (Lipinski definition) is 2. The Labute approximate surface area is 155 Å². The maximum absolute atomic E-state index is 11.9. The van der Waals surface area contributed by atoms with Gasteiger partial charge in [0.25, 0.3) is 5.91 Å². The lowest BCUT2D eigenvalue weighted by molar-refractivity contribution is -0.118. The molecular weight excluding hydrogens is 348 g/mol. The van der Waals surface area contributed by atoms with Crippen LogP contribution in [0.25, 0.3) is 10.8 Å². The molecule has 0 unspecified atom stereocenters. The minimum Gasteiger partial charge on any atom is -0.507 e. The molecule has 7 heteroatoms. The van der Waals surface area contributed by atoms with E-state index in [1.165, 1.54) is 18.0 Å². The van der Waals surface area contributed by atoms with Crippen molar-refractivity contribution in [2.75, 3.05) is 5.75 Å². The molecule has 0 aliphatic carbocycles. The first kappa shape index (κ1) is 17.9. The Morgan fingerprint density at radius 3 is 2.69 bits per heavy atom. The molecule has 132 valence electrons. The van der Waals surface area contributed by atoms with Crippen molar-refractivity contribution in [2.24, 2.45) is 5.10 Å². The first-order valence-corrected chi connectivity index (χ1v) is 8.99. The van der Waals surface area contributed by atoms with Gasteiger partial charge in [-0.05, 0) is 31.4 Å². The van der Waals surface area contributed by atoms with E-state index < -0.39 is 0 Å². The fraction of sp³-hybridized carbons (Fsp3) is 0.158.